The molecule has 0 saturated heterocycles. The first-order valence-corrected chi connectivity index (χ1v) is 5.86. The lowest BCUT2D eigenvalue weighted by Crippen LogP contribution is -2.13. The molecular weight excluding hydrogens is 263 g/mol. The number of carboxylic acids is 1. The zero-order valence-electron chi connectivity index (χ0n) is 9.22. The summed E-state index contributed by atoms with van der Waals surface area (Å²) in [6.45, 7) is 1.26. The molecule has 0 spiro atoms. The van der Waals surface area contributed by atoms with E-state index >= 15 is 0 Å². The van der Waals surface area contributed by atoms with Crippen molar-refractivity contribution in [3.63, 3.8) is 0 Å². The van der Waals surface area contributed by atoms with Crippen molar-refractivity contribution in [3.8, 4) is 5.75 Å². The third-order valence-corrected chi connectivity index (χ3v) is 2.76. The van der Waals surface area contributed by atoms with E-state index in [1.165, 1.54) is 31.2 Å². The van der Waals surface area contributed by atoms with Gasteiger partial charge < -0.3 is 10.00 Å². The predicted octanol–water partition coefficient (Wildman–Crippen LogP) is 1.30. The van der Waals surface area contributed by atoms with Crippen molar-refractivity contribution in [1.29, 1.82) is 0 Å². The monoisotopic (exact) mass is 272 g/mol. The number of non-ortho nitro benzene ring substituents is 1. The van der Waals surface area contributed by atoms with Crippen molar-refractivity contribution in [2.75, 3.05) is 0 Å². The van der Waals surface area contributed by atoms with Gasteiger partial charge in [0.15, 0.2) is 11.8 Å². The number of carboxylic acid groups (broad SMARTS) is 1. The SMILES string of the molecule is C[C@H](N=[P+]([O-])Oc1ccc([N+](=O)[O-])cc1)C(=O)O. The smallest absolute Gasteiger partial charge is 0.395 e. The fraction of sp³-hybridized carbons (Fsp3) is 0.222. The highest BCUT2D eigenvalue weighted by atomic mass is 31.1. The van der Waals surface area contributed by atoms with Crippen LogP contribution >= 0.6 is 8.17 Å². The molecule has 8 nitrogen and oxygen atoms in total. The van der Waals surface area contributed by atoms with Crippen LogP contribution in [-0.2, 0) is 4.79 Å². The summed E-state index contributed by atoms with van der Waals surface area (Å²) < 4.78 is 8.21. The highest BCUT2D eigenvalue weighted by Crippen LogP contribution is 2.25. The van der Waals surface area contributed by atoms with Crippen LogP contribution in [0.5, 0.6) is 5.75 Å². The van der Waals surface area contributed by atoms with Crippen LogP contribution < -0.4 is 9.42 Å². The zero-order valence-corrected chi connectivity index (χ0v) is 10.1. The minimum atomic E-state index is -2.53. The van der Waals surface area contributed by atoms with Crippen LogP contribution in [-0.4, -0.2) is 22.0 Å². The average Bonchev–Trinajstić information content (AvgIpc) is 2.29. The molecule has 1 rings (SSSR count). The minimum Gasteiger partial charge on any atom is -0.575 e. The molecule has 96 valence electrons. The molecule has 0 bridgehead atoms. The standard InChI is InChI=1S/C9H9N2O6P/c1-6(9(12)13)10-18(16)17-8-4-2-7(3-5-8)11(14)15/h2-6H,1H3,(H,12,13)/t6-/m0/s1. The molecule has 9 heteroatoms. The number of hydrogen-bond donors (Lipinski definition) is 1. The topological polar surface area (TPSA) is 125 Å². The summed E-state index contributed by atoms with van der Waals surface area (Å²) in [5.41, 5.74) is -0.131. The van der Waals surface area contributed by atoms with Crippen LogP contribution in [0.1, 0.15) is 6.92 Å². The normalized spacial score (nSPS) is 12.9. The van der Waals surface area contributed by atoms with Crippen molar-refractivity contribution in [2.45, 2.75) is 13.0 Å². The molecule has 0 aliphatic heterocycles. The number of nitro groups is 1. The number of nitrogens with zero attached hydrogens (tertiary/aromatic N) is 2. The van der Waals surface area contributed by atoms with Gasteiger partial charge in [0.2, 0.25) is 0 Å². The maximum absolute atomic E-state index is 11.3. The van der Waals surface area contributed by atoms with Crippen molar-refractivity contribution in [2.24, 2.45) is 4.74 Å². The molecule has 2 atom stereocenters. The first-order chi connectivity index (χ1) is 8.40. The fourth-order valence-corrected chi connectivity index (χ4v) is 1.66. The molecule has 0 radical (unpaired) electrons. The lowest BCUT2D eigenvalue weighted by Gasteiger charge is -1.99. The summed E-state index contributed by atoms with van der Waals surface area (Å²) in [7, 11) is -2.53. The van der Waals surface area contributed by atoms with Gasteiger partial charge in [-0.2, -0.15) is 0 Å². The molecule has 0 amide bonds. The van der Waals surface area contributed by atoms with Crippen LogP contribution in [0.25, 0.3) is 0 Å². The molecule has 0 heterocycles. The first kappa shape index (κ1) is 14.0. The molecular formula is C9H9N2O6P. The Morgan fingerprint density at radius 3 is 2.50 bits per heavy atom. The molecule has 1 aromatic carbocycles. The molecule has 0 saturated carbocycles. The quantitative estimate of drug-likeness (QED) is 0.489. The number of hydrogen-bond acceptors (Lipinski definition) is 6. The molecule has 1 N–H and O–H groups in total. The average molecular weight is 272 g/mol. The molecule has 0 fully saturated rings. The van der Waals surface area contributed by atoms with Crippen LogP contribution in [0, 0.1) is 10.1 Å². The Morgan fingerprint density at radius 1 is 1.50 bits per heavy atom. The van der Waals surface area contributed by atoms with Gasteiger partial charge in [0.05, 0.1) is 4.92 Å². The van der Waals surface area contributed by atoms with Gasteiger partial charge in [-0.15, -0.1) is 0 Å². The second-order valence-electron chi connectivity index (χ2n) is 3.21. The lowest BCUT2D eigenvalue weighted by atomic mass is 10.3. The van der Waals surface area contributed by atoms with Crippen LogP contribution in [0.2, 0.25) is 0 Å². The first-order valence-electron chi connectivity index (χ1n) is 4.73. The third-order valence-electron chi connectivity index (χ3n) is 1.86. The molecule has 1 unspecified atom stereocenters. The van der Waals surface area contributed by atoms with Gasteiger partial charge in [-0.05, 0) is 19.1 Å². The molecule has 18 heavy (non-hydrogen) atoms. The van der Waals surface area contributed by atoms with E-state index < -0.39 is 25.1 Å². The van der Waals surface area contributed by atoms with E-state index in [1.54, 1.807) is 0 Å². The number of aliphatic carboxylic acids is 1. The van der Waals surface area contributed by atoms with Gasteiger partial charge in [-0.25, -0.2) is 4.79 Å². The lowest BCUT2D eigenvalue weighted by molar-refractivity contribution is -0.384. The van der Waals surface area contributed by atoms with E-state index in [4.69, 9.17) is 9.63 Å². The van der Waals surface area contributed by atoms with E-state index in [9.17, 15) is 19.8 Å². The summed E-state index contributed by atoms with van der Waals surface area (Å²) in [5.74, 6) is -1.10. The van der Waals surface area contributed by atoms with Gasteiger partial charge in [-0.3, -0.25) is 14.6 Å². The fourth-order valence-electron chi connectivity index (χ4n) is 0.933. The highest BCUT2D eigenvalue weighted by molar-refractivity contribution is 7.34. The van der Waals surface area contributed by atoms with Gasteiger partial charge in [0.1, 0.15) is 0 Å². The van der Waals surface area contributed by atoms with Gasteiger partial charge in [-0.1, -0.05) is 4.74 Å². The summed E-state index contributed by atoms with van der Waals surface area (Å²) in [4.78, 5) is 31.6. The van der Waals surface area contributed by atoms with Crippen LogP contribution in [0.3, 0.4) is 0 Å². The van der Waals surface area contributed by atoms with E-state index in [0.717, 1.165) is 0 Å². The van der Waals surface area contributed by atoms with Gasteiger partial charge in [0.25, 0.3) is 5.69 Å². The number of nitro benzene ring substituents is 1. The van der Waals surface area contributed by atoms with Crippen LogP contribution in [0.4, 0.5) is 5.69 Å². The zero-order chi connectivity index (χ0) is 13.7. The minimum absolute atomic E-state index is 0.114. The Labute approximate surface area is 103 Å². The highest BCUT2D eigenvalue weighted by Gasteiger charge is 2.15. The summed E-state index contributed by atoms with van der Waals surface area (Å²) in [6.07, 6.45) is 0. The molecule has 0 aliphatic rings. The van der Waals surface area contributed by atoms with E-state index in [2.05, 4.69) is 4.74 Å². The maximum Gasteiger partial charge on any atom is 0.395 e. The van der Waals surface area contributed by atoms with Gasteiger partial charge >= 0.3 is 14.1 Å². The third kappa shape index (κ3) is 4.08. The molecule has 1 aromatic rings. The van der Waals surface area contributed by atoms with E-state index in [-0.39, 0.29) is 11.4 Å². The molecule has 0 aromatic heterocycles. The number of carbonyl (C=O) groups is 1. The summed E-state index contributed by atoms with van der Waals surface area (Å²) in [6, 6.07) is 3.73. The van der Waals surface area contributed by atoms with Crippen LogP contribution in [0.15, 0.2) is 29.0 Å². The van der Waals surface area contributed by atoms with Crippen molar-refractivity contribution >= 4 is 19.8 Å². The Kier molecular flexibility index (Phi) is 4.70. The van der Waals surface area contributed by atoms with E-state index in [0.29, 0.717) is 0 Å². The van der Waals surface area contributed by atoms with Crippen molar-refractivity contribution < 1.29 is 24.2 Å². The Morgan fingerprint density at radius 2 is 2.06 bits per heavy atom. The summed E-state index contributed by atoms with van der Waals surface area (Å²) >= 11 is 0. The second-order valence-corrected chi connectivity index (χ2v) is 4.10. The Hall–Kier alpha value is -2.05. The predicted molar refractivity (Wildman–Crippen MR) is 60.2 cm³/mol. The van der Waals surface area contributed by atoms with E-state index in [1.807, 2.05) is 0 Å². The second kappa shape index (κ2) is 6.04. The Bertz CT molecular complexity index is 486. The van der Waals surface area contributed by atoms with Gasteiger partial charge in [0, 0.05) is 12.1 Å². The van der Waals surface area contributed by atoms with Crippen molar-refractivity contribution in [1.82, 2.24) is 0 Å². The summed E-state index contributed by atoms with van der Waals surface area (Å²) in [5, 5.41) is 18.9. The number of benzene rings is 1. The largest absolute Gasteiger partial charge is 0.575 e. The maximum atomic E-state index is 11.3. The Balaban J connectivity index is 2.73. The number of rotatable bonds is 5. The molecule has 0 aliphatic carbocycles. The van der Waals surface area contributed by atoms with Crippen molar-refractivity contribution in [3.05, 3.63) is 34.4 Å².